The molecular formula is C11H16O3. The van der Waals surface area contributed by atoms with Gasteiger partial charge in [-0.15, -0.1) is 0 Å². The van der Waals surface area contributed by atoms with Crippen LogP contribution >= 0.6 is 0 Å². The highest BCUT2D eigenvalue weighted by molar-refractivity contribution is 5.42. The van der Waals surface area contributed by atoms with Crippen molar-refractivity contribution >= 4 is 0 Å². The van der Waals surface area contributed by atoms with E-state index in [2.05, 4.69) is 0 Å². The summed E-state index contributed by atoms with van der Waals surface area (Å²) in [6, 6.07) is 5.16. The number of aromatic hydroxyl groups is 1. The fraction of sp³-hybridized carbons (Fsp3) is 0.455. The van der Waals surface area contributed by atoms with Crippen LogP contribution in [-0.2, 0) is 0 Å². The molecule has 3 nitrogen and oxygen atoms in total. The third-order valence-electron chi connectivity index (χ3n) is 2.09. The van der Waals surface area contributed by atoms with E-state index >= 15 is 0 Å². The van der Waals surface area contributed by atoms with Crippen LogP contribution in [0.3, 0.4) is 0 Å². The first kappa shape index (κ1) is 10.9. The van der Waals surface area contributed by atoms with Crippen molar-refractivity contribution in [1.82, 2.24) is 0 Å². The van der Waals surface area contributed by atoms with Crippen molar-refractivity contribution in [3.05, 3.63) is 23.8 Å². The molecule has 1 atom stereocenters. The minimum atomic E-state index is 0.108. The molecule has 0 spiro atoms. The van der Waals surface area contributed by atoms with E-state index in [1.165, 1.54) is 0 Å². The number of benzene rings is 1. The van der Waals surface area contributed by atoms with Crippen molar-refractivity contribution in [3.8, 4) is 11.5 Å². The zero-order valence-corrected chi connectivity index (χ0v) is 8.53. The van der Waals surface area contributed by atoms with Gasteiger partial charge in [0.2, 0.25) is 0 Å². The van der Waals surface area contributed by atoms with Gasteiger partial charge in [0.15, 0.2) is 0 Å². The summed E-state index contributed by atoms with van der Waals surface area (Å²) in [4.78, 5) is 0. The highest BCUT2D eigenvalue weighted by atomic mass is 16.5. The van der Waals surface area contributed by atoms with Crippen LogP contribution in [0.4, 0.5) is 0 Å². The topological polar surface area (TPSA) is 49.7 Å². The van der Waals surface area contributed by atoms with Crippen LogP contribution in [-0.4, -0.2) is 23.4 Å². The summed E-state index contributed by atoms with van der Waals surface area (Å²) < 4.78 is 5.45. The Labute approximate surface area is 84.0 Å². The monoisotopic (exact) mass is 196 g/mol. The van der Waals surface area contributed by atoms with Crippen LogP contribution in [0, 0.1) is 12.8 Å². The maximum Gasteiger partial charge on any atom is 0.125 e. The number of ether oxygens (including phenoxy) is 1. The lowest BCUT2D eigenvalue weighted by atomic mass is 10.2. The molecule has 2 N–H and O–H groups in total. The quantitative estimate of drug-likeness (QED) is 0.770. The van der Waals surface area contributed by atoms with E-state index in [1.807, 2.05) is 6.92 Å². The van der Waals surface area contributed by atoms with Crippen molar-refractivity contribution in [2.24, 2.45) is 5.92 Å². The molecule has 0 amide bonds. The molecule has 14 heavy (non-hydrogen) atoms. The van der Waals surface area contributed by atoms with Crippen LogP contribution in [0.5, 0.6) is 11.5 Å². The van der Waals surface area contributed by atoms with Crippen LogP contribution in [0.25, 0.3) is 0 Å². The van der Waals surface area contributed by atoms with E-state index in [-0.39, 0.29) is 18.3 Å². The van der Waals surface area contributed by atoms with Gasteiger partial charge in [-0.1, -0.05) is 13.0 Å². The standard InChI is InChI=1S/C11H16O3/c1-8(6-12)7-14-11-5-3-4-10(13)9(11)2/h3-5,8,12-13H,6-7H2,1-2H3. The summed E-state index contributed by atoms with van der Waals surface area (Å²) in [5, 5.41) is 18.2. The minimum Gasteiger partial charge on any atom is -0.508 e. The zero-order valence-electron chi connectivity index (χ0n) is 8.53. The van der Waals surface area contributed by atoms with Gasteiger partial charge >= 0.3 is 0 Å². The predicted octanol–water partition coefficient (Wildman–Crippen LogP) is 1.71. The second-order valence-electron chi connectivity index (χ2n) is 3.50. The van der Waals surface area contributed by atoms with E-state index in [1.54, 1.807) is 25.1 Å². The maximum atomic E-state index is 9.39. The first-order chi connectivity index (χ1) is 6.65. The molecule has 0 aliphatic heterocycles. The predicted molar refractivity (Wildman–Crippen MR) is 54.6 cm³/mol. The Morgan fingerprint density at radius 2 is 2.14 bits per heavy atom. The number of rotatable bonds is 4. The van der Waals surface area contributed by atoms with Crippen molar-refractivity contribution in [1.29, 1.82) is 0 Å². The fourth-order valence-corrected chi connectivity index (χ4v) is 1.04. The lowest BCUT2D eigenvalue weighted by Crippen LogP contribution is -2.12. The highest BCUT2D eigenvalue weighted by Crippen LogP contribution is 2.26. The Morgan fingerprint density at radius 1 is 1.43 bits per heavy atom. The SMILES string of the molecule is Cc1c(O)cccc1OCC(C)CO. The second-order valence-corrected chi connectivity index (χ2v) is 3.50. The molecule has 0 saturated heterocycles. The third-order valence-corrected chi connectivity index (χ3v) is 2.09. The fourth-order valence-electron chi connectivity index (χ4n) is 1.04. The average molecular weight is 196 g/mol. The maximum absolute atomic E-state index is 9.39. The average Bonchev–Trinajstić information content (AvgIpc) is 2.20. The van der Waals surface area contributed by atoms with Gasteiger partial charge in [0.05, 0.1) is 6.61 Å². The van der Waals surface area contributed by atoms with Crippen LogP contribution in [0.15, 0.2) is 18.2 Å². The summed E-state index contributed by atoms with van der Waals surface area (Å²) >= 11 is 0. The normalized spacial score (nSPS) is 12.5. The molecule has 0 bridgehead atoms. The number of phenols is 1. The Morgan fingerprint density at radius 3 is 2.79 bits per heavy atom. The Kier molecular flexibility index (Phi) is 3.77. The number of aliphatic hydroxyl groups excluding tert-OH is 1. The highest BCUT2D eigenvalue weighted by Gasteiger charge is 2.05. The molecule has 1 aromatic rings. The molecule has 0 heterocycles. The summed E-state index contributed by atoms with van der Waals surface area (Å²) in [5.41, 5.74) is 0.734. The van der Waals surface area contributed by atoms with Crippen LogP contribution in [0.1, 0.15) is 12.5 Å². The van der Waals surface area contributed by atoms with Gasteiger partial charge in [-0.2, -0.15) is 0 Å². The molecule has 0 radical (unpaired) electrons. The van der Waals surface area contributed by atoms with Crippen LogP contribution < -0.4 is 4.74 Å². The van der Waals surface area contributed by atoms with Gasteiger partial charge < -0.3 is 14.9 Å². The molecule has 1 rings (SSSR count). The molecule has 3 heteroatoms. The molecule has 78 valence electrons. The summed E-state index contributed by atoms with van der Waals surface area (Å²) in [5.74, 6) is 1.02. The number of hydrogen-bond donors (Lipinski definition) is 2. The Bertz CT molecular complexity index is 297. The van der Waals surface area contributed by atoms with E-state index in [4.69, 9.17) is 9.84 Å². The lowest BCUT2D eigenvalue weighted by Gasteiger charge is -2.12. The van der Waals surface area contributed by atoms with Crippen molar-refractivity contribution in [3.63, 3.8) is 0 Å². The number of phenolic OH excluding ortho intramolecular Hbond substituents is 1. The third kappa shape index (κ3) is 2.64. The zero-order chi connectivity index (χ0) is 10.6. The van der Waals surface area contributed by atoms with Gasteiger partial charge in [-0.25, -0.2) is 0 Å². The van der Waals surface area contributed by atoms with Gasteiger partial charge in [0.1, 0.15) is 11.5 Å². The van der Waals surface area contributed by atoms with Gasteiger partial charge in [-0.3, -0.25) is 0 Å². The van der Waals surface area contributed by atoms with Crippen molar-refractivity contribution < 1.29 is 14.9 Å². The minimum absolute atomic E-state index is 0.108. The molecular weight excluding hydrogens is 180 g/mol. The Hall–Kier alpha value is -1.22. The number of hydrogen-bond acceptors (Lipinski definition) is 3. The van der Waals surface area contributed by atoms with E-state index in [0.717, 1.165) is 5.56 Å². The summed E-state index contributed by atoms with van der Waals surface area (Å²) in [6.45, 7) is 4.27. The molecule has 0 saturated carbocycles. The molecule has 0 fully saturated rings. The van der Waals surface area contributed by atoms with Gasteiger partial charge in [0.25, 0.3) is 0 Å². The first-order valence-electron chi connectivity index (χ1n) is 4.67. The molecule has 0 aliphatic carbocycles. The largest absolute Gasteiger partial charge is 0.508 e. The summed E-state index contributed by atoms with van der Waals surface area (Å²) in [7, 11) is 0. The first-order valence-corrected chi connectivity index (χ1v) is 4.67. The van der Waals surface area contributed by atoms with Crippen molar-refractivity contribution in [2.45, 2.75) is 13.8 Å². The van der Waals surface area contributed by atoms with Crippen molar-refractivity contribution in [2.75, 3.05) is 13.2 Å². The van der Waals surface area contributed by atoms with Gasteiger partial charge in [0, 0.05) is 18.1 Å². The smallest absolute Gasteiger partial charge is 0.125 e. The molecule has 0 aromatic heterocycles. The van der Waals surface area contributed by atoms with Crippen LogP contribution in [0.2, 0.25) is 0 Å². The second kappa shape index (κ2) is 4.86. The van der Waals surface area contributed by atoms with Gasteiger partial charge in [-0.05, 0) is 19.1 Å². The van der Waals surface area contributed by atoms with E-state index in [9.17, 15) is 5.11 Å². The Balaban J connectivity index is 2.63. The molecule has 1 aromatic carbocycles. The summed E-state index contributed by atoms with van der Waals surface area (Å²) in [6.07, 6.45) is 0. The number of aliphatic hydroxyl groups is 1. The van der Waals surface area contributed by atoms with E-state index in [0.29, 0.717) is 12.4 Å². The lowest BCUT2D eigenvalue weighted by molar-refractivity contribution is 0.173. The van der Waals surface area contributed by atoms with E-state index < -0.39 is 0 Å². The molecule has 1 unspecified atom stereocenters. The molecule has 0 aliphatic rings.